The number of hydrogen-bond donors (Lipinski definition) is 1. The van der Waals surface area contributed by atoms with Gasteiger partial charge >= 0.3 is 11.9 Å². The highest BCUT2D eigenvalue weighted by molar-refractivity contribution is 5.94. The zero-order valence-electron chi connectivity index (χ0n) is 16.7. The predicted octanol–water partition coefficient (Wildman–Crippen LogP) is 4.85. The molecule has 0 heterocycles. The van der Waals surface area contributed by atoms with Crippen LogP contribution >= 0.6 is 0 Å². The van der Waals surface area contributed by atoms with Crippen molar-refractivity contribution in [1.82, 2.24) is 0 Å². The summed E-state index contributed by atoms with van der Waals surface area (Å²) in [4.78, 5) is 34.0. The van der Waals surface area contributed by atoms with Gasteiger partial charge in [0.1, 0.15) is 6.10 Å². The molecule has 0 aromatic rings. The van der Waals surface area contributed by atoms with Crippen molar-refractivity contribution in [2.75, 3.05) is 0 Å². The lowest BCUT2D eigenvalue weighted by molar-refractivity contribution is -0.144. The topological polar surface area (TPSA) is 80.7 Å². The Morgan fingerprint density at radius 2 is 1.93 bits per heavy atom. The second kappa shape index (κ2) is 13.3. The second-order valence-electron chi connectivity index (χ2n) is 7.32. The number of aliphatic carboxylic acids is 1. The van der Waals surface area contributed by atoms with Crippen molar-refractivity contribution in [3.05, 3.63) is 24.3 Å². The van der Waals surface area contributed by atoms with Gasteiger partial charge in [-0.3, -0.25) is 14.4 Å². The van der Waals surface area contributed by atoms with Gasteiger partial charge in [-0.05, 0) is 37.8 Å². The maximum atomic E-state index is 12.1. The molecule has 1 aliphatic rings. The number of hydrogen-bond acceptors (Lipinski definition) is 4. The van der Waals surface area contributed by atoms with Crippen LogP contribution in [0.1, 0.15) is 78.1 Å². The van der Waals surface area contributed by atoms with Crippen molar-refractivity contribution in [1.29, 1.82) is 0 Å². The number of esters is 1. The molecule has 0 bridgehead atoms. The zero-order chi connectivity index (χ0) is 20.1. The summed E-state index contributed by atoms with van der Waals surface area (Å²) in [5.41, 5.74) is 0. The molecule has 0 saturated heterocycles. The van der Waals surface area contributed by atoms with Crippen LogP contribution in [0.2, 0.25) is 0 Å². The molecule has 0 unspecified atom stereocenters. The maximum Gasteiger partial charge on any atom is 0.303 e. The standard InChI is InChI=1S/C22H34O5/c1-3-4-7-10-19(27-17(2)23)15-13-18-14-16-21(24)20(18)11-8-5-6-9-12-22(25)26/h13-16,18-20H,3-12H2,1-2H3,(H,25,26)/b15-13+/t18-,19+,20-/m0/s1. The minimum Gasteiger partial charge on any atom is -0.481 e. The van der Waals surface area contributed by atoms with Crippen molar-refractivity contribution in [2.24, 2.45) is 11.8 Å². The van der Waals surface area contributed by atoms with Crippen molar-refractivity contribution >= 4 is 17.7 Å². The molecule has 3 atom stereocenters. The molecule has 0 spiro atoms. The predicted molar refractivity (Wildman–Crippen MR) is 105 cm³/mol. The first-order valence-electron chi connectivity index (χ1n) is 10.2. The van der Waals surface area contributed by atoms with Crippen molar-refractivity contribution in [3.8, 4) is 0 Å². The molecule has 0 fully saturated rings. The third-order valence-corrected chi connectivity index (χ3v) is 4.93. The van der Waals surface area contributed by atoms with Gasteiger partial charge in [-0.2, -0.15) is 0 Å². The van der Waals surface area contributed by atoms with Gasteiger partial charge in [-0.1, -0.05) is 51.2 Å². The summed E-state index contributed by atoms with van der Waals surface area (Å²) >= 11 is 0. The van der Waals surface area contributed by atoms with Gasteiger partial charge in [0.2, 0.25) is 0 Å². The van der Waals surface area contributed by atoms with E-state index in [4.69, 9.17) is 9.84 Å². The van der Waals surface area contributed by atoms with Crippen LogP contribution in [-0.4, -0.2) is 28.9 Å². The molecule has 0 saturated carbocycles. The lowest BCUT2D eigenvalue weighted by Crippen LogP contribution is -2.17. The maximum absolute atomic E-state index is 12.1. The average molecular weight is 379 g/mol. The number of rotatable bonds is 14. The lowest BCUT2D eigenvalue weighted by atomic mass is 9.88. The van der Waals surface area contributed by atoms with E-state index in [1.54, 1.807) is 6.08 Å². The summed E-state index contributed by atoms with van der Waals surface area (Å²) in [7, 11) is 0. The Morgan fingerprint density at radius 1 is 1.19 bits per heavy atom. The van der Waals surface area contributed by atoms with Crippen LogP contribution < -0.4 is 0 Å². The van der Waals surface area contributed by atoms with Gasteiger partial charge in [0.05, 0.1) is 0 Å². The Balaban J connectivity index is 2.47. The fourth-order valence-electron chi connectivity index (χ4n) is 3.44. The Kier molecular flexibility index (Phi) is 11.4. The first-order chi connectivity index (χ1) is 12.9. The van der Waals surface area contributed by atoms with Crippen LogP contribution in [0.4, 0.5) is 0 Å². The first kappa shape index (κ1) is 23.1. The number of carbonyl (C=O) groups excluding carboxylic acids is 2. The normalized spacial score (nSPS) is 20.3. The molecule has 152 valence electrons. The summed E-state index contributed by atoms with van der Waals surface area (Å²) in [5, 5.41) is 8.65. The third kappa shape index (κ3) is 10.1. The molecular formula is C22H34O5. The monoisotopic (exact) mass is 378 g/mol. The van der Waals surface area contributed by atoms with Crippen LogP contribution in [0.3, 0.4) is 0 Å². The van der Waals surface area contributed by atoms with Crippen molar-refractivity contribution in [2.45, 2.75) is 84.2 Å². The van der Waals surface area contributed by atoms with Crippen molar-refractivity contribution in [3.63, 3.8) is 0 Å². The Bertz CT molecular complexity index is 535. The quantitative estimate of drug-likeness (QED) is 0.265. The van der Waals surface area contributed by atoms with Crippen LogP contribution in [-0.2, 0) is 19.1 Å². The Labute approximate surface area is 162 Å². The molecule has 0 radical (unpaired) electrons. The van der Waals surface area contributed by atoms with Gasteiger partial charge in [0.15, 0.2) is 5.78 Å². The van der Waals surface area contributed by atoms with E-state index >= 15 is 0 Å². The van der Waals surface area contributed by atoms with Gasteiger partial charge < -0.3 is 9.84 Å². The molecule has 0 amide bonds. The van der Waals surface area contributed by atoms with E-state index in [0.29, 0.717) is 6.42 Å². The highest BCUT2D eigenvalue weighted by Gasteiger charge is 2.27. The van der Waals surface area contributed by atoms with Crippen LogP contribution in [0, 0.1) is 11.8 Å². The van der Waals surface area contributed by atoms with E-state index in [2.05, 4.69) is 6.92 Å². The first-order valence-corrected chi connectivity index (χ1v) is 10.2. The molecule has 0 aromatic carbocycles. The van der Waals surface area contributed by atoms with Gasteiger partial charge in [0, 0.05) is 25.2 Å². The van der Waals surface area contributed by atoms with Gasteiger partial charge in [-0.15, -0.1) is 0 Å². The smallest absolute Gasteiger partial charge is 0.303 e. The lowest BCUT2D eigenvalue weighted by Gasteiger charge is -2.17. The molecule has 27 heavy (non-hydrogen) atoms. The number of ketones is 1. The largest absolute Gasteiger partial charge is 0.481 e. The van der Waals surface area contributed by atoms with Crippen molar-refractivity contribution < 1.29 is 24.2 Å². The molecule has 1 rings (SSSR count). The SMILES string of the molecule is CCCCC[C@H](/C=C/[C@H]1C=CC(=O)[C@H]1CCCCCCC(=O)O)OC(C)=O. The Hall–Kier alpha value is -1.91. The number of carboxylic acids is 1. The van der Waals surface area contributed by atoms with Gasteiger partial charge in [-0.25, -0.2) is 0 Å². The molecule has 1 aliphatic carbocycles. The highest BCUT2D eigenvalue weighted by Crippen LogP contribution is 2.29. The number of unbranched alkanes of at least 4 members (excludes halogenated alkanes) is 5. The van der Waals surface area contributed by atoms with E-state index < -0.39 is 5.97 Å². The van der Waals surface area contributed by atoms with E-state index in [0.717, 1.165) is 51.4 Å². The van der Waals surface area contributed by atoms with Crippen LogP contribution in [0.15, 0.2) is 24.3 Å². The number of carbonyl (C=O) groups is 3. The Morgan fingerprint density at radius 3 is 2.59 bits per heavy atom. The summed E-state index contributed by atoms with van der Waals surface area (Å²) in [6.07, 6.45) is 15.8. The van der Waals surface area contributed by atoms with Crippen LogP contribution in [0.5, 0.6) is 0 Å². The summed E-state index contributed by atoms with van der Waals surface area (Å²) < 4.78 is 5.38. The minimum atomic E-state index is -0.753. The zero-order valence-corrected chi connectivity index (χ0v) is 16.7. The third-order valence-electron chi connectivity index (χ3n) is 4.93. The van der Waals surface area contributed by atoms with E-state index in [9.17, 15) is 14.4 Å². The number of carboxylic acid groups (broad SMARTS) is 1. The molecule has 5 heteroatoms. The summed E-state index contributed by atoms with van der Waals surface area (Å²) in [6.45, 7) is 3.56. The second-order valence-corrected chi connectivity index (χ2v) is 7.32. The molecule has 0 aliphatic heterocycles. The molecule has 5 nitrogen and oxygen atoms in total. The number of allylic oxidation sites excluding steroid dienone is 3. The fourth-order valence-corrected chi connectivity index (χ4v) is 3.44. The average Bonchev–Trinajstić information content (AvgIpc) is 2.95. The molecular weight excluding hydrogens is 344 g/mol. The molecule has 0 aromatic heterocycles. The summed E-state index contributed by atoms with van der Waals surface area (Å²) in [6, 6.07) is 0. The van der Waals surface area contributed by atoms with E-state index in [1.165, 1.54) is 6.92 Å². The van der Waals surface area contributed by atoms with Gasteiger partial charge in [0.25, 0.3) is 0 Å². The number of ether oxygens (including phenoxy) is 1. The minimum absolute atomic E-state index is 0.0469. The fraction of sp³-hybridized carbons (Fsp3) is 0.682. The highest BCUT2D eigenvalue weighted by atomic mass is 16.5. The molecule has 1 N–H and O–H groups in total. The van der Waals surface area contributed by atoms with E-state index in [1.807, 2.05) is 18.2 Å². The van der Waals surface area contributed by atoms with E-state index in [-0.39, 0.29) is 36.1 Å². The van der Waals surface area contributed by atoms with Crippen LogP contribution in [0.25, 0.3) is 0 Å². The summed E-state index contributed by atoms with van der Waals surface area (Å²) in [5.74, 6) is -0.867.